The van der Waals surface area contributed by atoms with Gasteiger partial charge in [-0.3, -0.25) is 0 Å². The second-order valence-corrected chi connectivity index (χ2v) is 18.0. The van der Waals surface area contributed by atoms with Crippen LogP contribution in [0.5, 0.6) is 0 Å². The summed E-state index contributed by atoms with van der Waals surface area (Å²) in [6, 6.07) is 55.2. The Bertz CT molecular complexity index is 3650. The fourth-order valence-electron chi connectivity index (χ4n) is 9.99. The highest BCUT2D eigenvalue weighted by Gasteiger charge is 2.29. The zero-order valence-corrected chi connectivity index (χ0v) is 38.7. The lowest BCUT2D eigenvalue weighted by Gasteiger charge is -2.31. The maximum absolute atomic E-state index is 16.9. The van der Waals surface area contributed by atoms with Crippen LogP contribution in [0.2, 0.25) is 0 Å². The molecule has 74 heavy (non-hydrogen) atoms. The average molecular weight is 985 g/mol. The molecule has 12 rings (SSSR count). The maximum atomic E-state index is 16.9. The molecular formula is C64H36F8N2. The predicted molar refractivity (Wildman–Crippen MR) is 281 cm³/mol. The number of hydrogen-bond acceptors (Lipinski definition) is 2. The lowest BCUT2D eigenvalue weighted by atomic mass is 9.90. The van der Waals surface area contributed by atoms with E-state index in [-0.39, 0.29) is 22.7 Å². The first-order valence-corrected chi connectivity index (χ1v) is 23.5. The summed E-state index contributed by atoms with van der Waals surface area (Å²) in [5.41, 5.74) is 5.05. The largest absolute Gasteiger partial charge is 0.304 e. The molecule has 12 aromatic carbocycles. The van der Waals surface area contributed by atoms with E-state index in [4.69, 9.17) is 0 Å². The van der Waals surface area contributed by atoms with Crippen molar-refractivity contribution in [2.75, 3.05) is 9.80 Å². The Morgan fingerprint density at radius 2 is 0.459 bits per heavy atom. The fourth-order valence-corrected chi connectivity index (χ4v) is 9.99. The Labute approximate surface area is 419 Å². The quantitative estimate of drug-likeness (QED) is 0.0995. The van der Waals surface area contributed by atoms with E-state index in [1.807, 2.05) is 36.4 Å². The molecule has 0 N–H and O–H groups in total. The van der Waals surface area contributed by atoms with E-state index in [9.17, 15) is 17.6 Å². The molecule has 0 amide bonds. The van der Waals surface area contributed by atoms with Crippen molar-refractivity contribution in [2.24, 2.45) is 0 Å². The van der Waals surface area contributed by atoms with Crippen molar-refractivity contribution >= 4 is 66.4 Å². The van der Waals surface area contributed by atoms with Gasteiger partial charge < -0.3 is 9.80 Å². The van der Waals surface area contributed by atoms with Gasteiger partial charge in [0, 0.05) is 10.8 Å². The highest BCUT2D eigenvalue weighted by atomic mass is 19.2. The Balaban J connectivity index is 1.13. The Morgan fingerprint density at radius 1 is 0.216 bits per heavy atom. The van der Waals surface area contributed by atoms with Gasteiger partial charge in [-0.1, -0.05) is 109 Å². The molecule has 0 saturated carbocycles. The summed E-state index contributed by atoms with van der Waals surface area (Å²) in [5.74, 6) is -4.59. The van der Waals surface area contributed by atoms with Gasteiger partial charge in [0.25, 0.3) is 0 Å². The van der Waals surface area contributed by atoms with Gasteiger partial charge in [0.2, 0.25) is 0 Å². The number of halogens is 8. The summed E-state index contributed by atoms with van der Waals surface area (Å²) < 4.78 is 124. The maximum Gasteiger partial charge on any atom is 0.147 e. The Hall–Kier alpha value is -9.28. The normalized spacial score (nSPS) is 11.5. The molecule has 0 aliphatic rings. The van der Waals surface area contributed by atoms with Crippen LogP contribution in [0, 0.1) is 46.5 Å². The van der Waals surface area contributed by atoms with Crippen LogP contribution in [0.3, 0.4) is 0 Å². The van der Waals surface area contributed by atoms with Crippen molar-refractivity contribution in [2.45, 2.75) is 0 Å². The topological polar surface area (TPSA) is 6.48 Å². The third-order valence-corrected chi connectivity index (χ3v) is 13.5. The van der Waals surface area contributed by atoms with Crippen LogP contribution in [0.15, 0.2) is 218 Å². The van der Waals surface area contributed by atoms with Gasteiger partial charge in [-0.25, -0.2) is 35.1 Å². The van der Waals surface area contributed by atoms with Gasteiger partial charge in [-0.05, 0) is 175 Å². The van der Waals surface area contributed by atoms with Crippen molar-refractivity contribution < 1.29 is 35.1 Å². The van der Waals surface area contributed by atoms with Crippen LogP contribution in [0.4, 0.5) is 69.2 Å². The predicted octanol–water partition coefficient (Wildman–Crippen LogP) is 19.3. The molecule has 2 nitrogen and oxygen atoms in total. The van der Waals surface area contributed by atoms with Gasteiger partial charge >= 0.3 is 0 Å². The van der Waals surface area contributed by atoms with Gasteiger partial charge in [-0.2, -0.15) is 0 Å². The first-order chi connectivity index (χ1) is 35.9. The second kappa shape index (κ2) is 18.4. The van der Waals surface area contributed by atoms with Crippen LogP contribution < -0.4 is 9.80 Å². The van der Waals surface area contributed by atoms with Crippen molar-refractivity contribution in [3.63, 3.8) is 0 Å². The molecule has 0 unspecified atom stereocenters. The molecule has 0 heterocycles. The van der Waals surface area contributed by atoms with Crippen LogP contribution in [0.25, 0.3) is 76.8 Å². The number of anilines is 6. The fraction of sp³-hybridized carbons (Fsp3) is 0. The first kappa shape index (κ1) is 45.8. The van der Waals surface area contributed by atoms with Crippen LogP contribution in [-0.4, -0.2) is 0 Å². The van der Waals surface area contributed by atoms with Crippen molar-refractivity contribution in [1.29, 1.82) is 0 Å². The minimum atomic E-state index is -0.694. The number of rotatable bonds is 10. The van der Waals surface area contributed by atoms with Gasteiger partial charge in [0.15, 0.2) is 0 Å². The number of nitrogens with zero attached hydrogens (tertiary/aromatic N) is 2. The lowest BCUT2D eigenvalue weighted by molar-refractivity contribution is 0.619. The Kier molecular flexibility index (Phi) is 11.4. The summed E-state index contributed by atoms with van der Waals surface area (Å²) >= 11 is 0. The molecule has 358 valence electrons. The van der Waals surface area contributed by atoms with E-state index in [1.165, 1.54) is 82.6 Å². The highest BCUT2D eigenvalue weighted by Crippen LogP contribution is 2.51. The minimum absolute atomic E-state index is 0.0309. The van der Waals surface area contributed by atoms with Gasteiger partial charge in [0.1, 0.15) is 46.5 Å². The van der Waals surface area contributed by atoms with Gasteiger partial charge in [0.05, 0.1) is 34.1 Å². The standard InChI is InChI=1S/C64H36F8N2/c65-47-19-7-37(8-20-47)41-15-27-53(69)59(31-41)73(60-32-42(16-28-54(60)70)38-9-21-48(66)22-10-38)57-36-46-4-2-6-52-58(35-45-3-1-5-51(57)63(45)64(46)52)74(61-33-43(17-29-55(61)71)39-11-23-49(67)24-12-39)62-34-44(18-30-56(62)72)40-13-25-50(68)26-14-40/h1-36H. The summed E-state index contributed by atoms with van der Waals surface area (Å²) in [6.45, 7) is 0. The summed E-state index contributed by atoms with van der Waals surface area (Å²) in [7, 11) is 0. The van der Waals surface area contributed by atoms with E-state index in [0.29, 0.717) is 88.2 Å². The molecule has 0 fully saturated rings. The average Bonchev–Trinajstić information content (AvgIpc) is 3.41. The minimum Gasteiger partial charge on any atom is -0.304 e. The van der Waals surface area contributed by atoms with Crippen LogP contribution >= 0.6 is 0 Å². The molecule has 0 spiro atoms. The highest BCUT2D eigenvalue weighted by molar-refractivity contribution is 6.29. The molecule has 0 aliphatic heterocycles. The number of benzene rings is 12. The lowest BCUT2D eigenvalue weighted by Crippen LogP contribution is -2.15. The zero-order valence-electron chi connectivity index (χ0n) is 38.7. The summed E-state index contributed by atoms with van der Waals surface area (Å²) in [5, 5.41) is 3.71. The van der Waals surface area contributed by atoms with E-state index >= 15 is 17.6 Å². The van der Waals surface area contributed by atoms with Crippen molar-refractivity contribution in [1.82, 2.24) is 0 Å². The van der Waals surface area contributed by atoms with Crippen molar-refractivity contribution in [3.05, 3.63) is 265 Å². The molecule has 10 heteroatoms. The Morgan fingerprint density at radius 3 is 0.716 bits per heavy atom. The van der Waals surface area contributed by atoms with E-state index in [1.54, 1.807) is 109 Å². The van der Waals surface area contributed by atoms with Crippen LogP contribution in [0.1, 0.15) is 0 Å². The molecule has 12 aromatic rings. The smallest absolute Gasteiger partial charge is 0.147 e. The van der Waals surface area contributed by atoms with E-state index < -0.39 is 46.5 Å². The SMILES string of the molecule is Fc1ccc(-c2ccc(F)c(N(c3cc(-c4ccc(F)cc4)ccc3F)c3cc4cccc5c(N(c6cc(-c7ccc(F)cc7)ccc6F)c6cc(-c7ccc(F)cc7)ccc6F)cc6cccc3c6c45)c2)cc1. The third-order valence-electron chi connectivity index (χ3n) is 13.5. The number of hydrogen-bond donors (Lipinski definition) is 0. The first-order valence-electron chi connectivity index (χ1n) is 23.5. The van der Waals surface area contributed by atoms with Crippen molar-refractivity contribution in [3.8, 4) is 44.5 Å². The second-order valence-electron chi connectivity index (χ2n) is 18.0. The molecule has 0 atom stereocenters. The molecule has 0 radical (unpaired) electrons. The van der Waals surface area contributed by atoms with E-state index in [0.717, 1.165) is 0 Å². The molecular weight excluding hydrogens is 949 g/mol. The molecule has 0 aromatic heterocycles. The monoisotopic (exact) mass is 984 g/mol. The molecule has 0 bridgehead atoms. The van der Waals surface area contributed by atoms with Gasteiger partial charge in [-0.15, -0.1) is 0 Å². The zero-order chi connectivity index (χ0) is 50.8. The third kappa shape index (κ3) is 8.20. The van der Waals surface area contributed by atoms with E-state index in [2.05, 4.69) is 0 Å². The molecule has 0 saturated heterocycles. The molecule has 0 aliphatic carbocycles. The summed E-state index contributed by atoms with van der Waals surface area (Å²) in [4.78, 5) is 3.02. The van der Waals surface area contributed by atoms with Crippen LogP contribution in [-0.2, 0) is 0 Å². The summed E-state index contributed by atoms with van der Waals surface area (Å²) in [6.07, 6.45) is 0.